The number of carbonyl (C=O) groups is 2. The second kappa shape index (κ2) is 10.8. The summed E-state index contributed by atoms with van der Waals surface area (Å²) in [6.07, 6.45) is 6.75. The molecule has 4 nitrogen and oxygen atoms in total. The minimum absolute atomic E-state index is 0.206. The van der Waals surface area contributed by atoms with Gasteiger partial charge in [0, 0.05) is 12.8 Å². The number of carboxylic acids is 2. The van der Waals surface area contributed by atoms with Crippen LogP contribution in [0.4, 0.5) is 0 Å². The van der Waals surface area contributed by atoms with Gasteiger partial charge in [-0.05, 0) is 37.2 Å². The molecule has 0 aliphatic carbocycles. The molecule has 4 heteroatoms. The molecule has 1 aromatic carbocycles. The fourth-order valence-corrected chi connectivity index (χ4v) is 2.67. The Hall–Kier alpha value is -1.84. The normalized spacial score (nSPS) is 12.0. The second-order valence-electron chi connectivity index (χ2n) is 5.83. The summed E-state index contributed by atoms with van der Waals surface area (Å²) in [4.78, 5) is 21.4. The fourth-order valence-electron chi connectivity index (χ4n) is 2.67. The van der Waals surface area contributed by atoms with Crippen molar-refractivity contribution in [2.24, 2.45) is 5.92 Å². The average molecular weight is 306 g/mol. The van der Waals surface area contributed by atoms with Crippen molar-refractivity contribution < 1.29 is 19.8 Å². The van der Waals surface area contributed by atoms with Crippen LogP contribution in [0.5, 0.6) is 0 Å². The van der Waals surface area contributed by atoms with Gasteiger partial charge in [0.25, 0.3) is 0 Å². The van der Waals surface area contributed by atoms with Gasteiger partial charge in [0.1, 0.15) is 0 Å². The Labute approximate surface area is 132 Å². The maximum absolute atomic E-state index is 11.0. The van der Waals surface area contributed by atoms with E-state index in [4.69, 9.17) is 10.2 Å². The number of hydrogen-bond donors (Lipinski definition) is 2. The zero-order valence-electron chi connectivity index (χ0n) is 13.0. The molecule has 0 aliphatic rings. The van der Waals surface area contributed by atoms with Gasteiger partial charge in [-0.1, -0.05) is 49.6 Å². The number of benzene rings is 1. The van der Waals surface area contributed by atoms with Gasteiger partial charge >= 0.3 is 11.9 Å². The highest BCUT2D eigenvalue weighted by atomic mass is 16.4. The first-order valence-electron chi connectivity index (χ1n) is 8.05. The molecule has 0 saturated heterocycles. The van der Waals surface area contributed by atoms with Gasteiger partial charge in [0.15, 0.2) is 0 Å². The lowest BCUT2D eigenvalue weighted by molar-refractivity contribution is -0.138. The first-order chi connectivity index (χ1) is 10.6. The molecule has 22 heavy (non-hydrogen) atoms. The number of aliphatic carboxylic acids is 2. The molecule has 0 aliphatic heterocycles. The van der Waals surface area contributed by atoms with Crippen molar-refractivity contribution in [2.45, 2.75) is 57.8 Å². The van der Waals surface area contributed by atoms with Gasteiger partial charge in [0.2, 0.25) is 0 Å². The number of rotatable bonds is 12. The number of unbranched alkanes of at least 4 members (excludes halogenated alkanes) is 3. The Bertz CT molecular complexity index is 442. The Morgan fingerprint density at radius 2 is 1.55 bits per heavy atom. The van der Waals surface area contributed by atoms with Crippen LogP contribution in [-0.4, -0.2) is 22.2 Å². The van der Waals surface area contributed by atoms with E-state index >= 15 is 0 Å². The van der Waals surface area contributed by atoms with Crippen LogP contribution >= 0.6 is 0 Å². The van der Waals surface area contributed by atoms with E-state index in [1.54, 1.807) is 0 Å². The molecule has 0 bridgehead atoms. The van der Waals surface area contributed by atoms with Crippen molar-refractivity contribution in [3.8, 4) is 0 Å². The summed E-state index contributed by atoms with van der Waals surface area (Å²) in [5.74, 6) is -1.27. The van der Waals surface area contributed by atoms with Gasteiger partial charge in [-0.15, -0.1) is 0 Å². The van der Waals surface area contributed by atoms with Crippen molar-refractivity contribution in [3.63, 3.8) is 0 Å². The summed E-state index contributed by atoms with van der Waals surface area (Å²) >= 11 is 0. The van der Waals surface area contributed by atoms with Crippen molar-refractivity contribution >= 4 is 11.9 Å². The summed E-state index contributed by atoms with van der Waals surface area (Å²) in [5, 5.41) is 17.6. The van der Waals surface area contributed by atoms with Crippen molar-refractivity contribution in [1.29, 1.82) is 0 Å². The van der Waals surface area contributed by atoms with Crippen LogP contribution < -0.4 is 0 Å². The lowest BCUT2D eigenvalue weighted by atomic mass is 9.91. The topological polar surface area (TPSA) is 74.6 Å². The quantitative estimate of drug-likeness (QED) is 0.569. The monoisotopic (exact) mass is 306 g/mol. The second-order valence-corrected chi connectivity index (χ2v) is 5.83. The van der Waals surface area contributed by atoms with E-state index in [-0.39, 0.29) is 18.8 Å². The van der Waals surface area contributed by atoms with E-state index in [9.17, 15) is 9.59 Å². The van der Waals surface area contributed by atoms with Crippen molar-refractivity contribution in [3.05, 3.63) is 35.9 Å². The van der Waals surface area contributed by atoms with Gasteiger partial charge in [0.05, 0.1) is 0 Å². The first kappa shape index (κ1) is 18.2. The predicted octanol–water partition coefficient (Wildman–Crippen LogP) is 4.14. The predicted molar refractivity (Wildman–Crippen MR) is 85.8 cm³/mol. The molecule has 0 amide bonds. The highest BCUT2D eigenvalue weighted by Gasteiger charge is 2.13. The third-order valence-corrected chi connectivity index (χ3v) is 3.90. The molecule has 0 fully saturated rings. The molecule has 1 unspecified atom stereocenters. The van der Waals surface area contributed by atoms with E-state index in [1.807, 2.05) is 18.2 Å². The van der Waals surface area contributed by atoms with Crippen LogP contribution in [0.3, 0.4) is 0 Å². The minimum Gasteiger partial charge on any atom is -0.481 e. The molecule has 0 radical (unpaired) electrons. The molecule has 0 heterocycles. The summed E-state index contributed by atoms with van der Waals surface area (Å²) in [6, 6.07) is 10.1. The SMILES string of the molecule is O=C(O)CCCCCCC(CCc1ccccc1)CC(=O)O. The van der Waals surface area contributed by atoms with Crippen LogP contribution in [0, 0.1) is 5.92 Å². The van der Waals surface area contributed by atoms with Crippen LogP contribution in [0.1, 0.15) is 56.9 Å². The number of aryl methyl sites for hydroxylation is 1. The molecule has 1 aromatic rings. The molecular formula is C18H26O4. The van der Waals surface area contributed by atoms with Gasteiger partial charge in [-0.25, -0.2) is 0 Å². The van der Waals surface area contributed by atoms with E-state index in [1.165, 1.54) is 5.56 Å². The molecule has 0 saturated carbocycles. The van der Waals surface area contributed by atoms with E-state index in [0.29, 0.717) is 6.42 Å². The zero-order chi connectivity index (χ0) is 16.2. The van der Waals surface area contributed by atoms with Gasteiger partial charge in [-0.2, -0.15) is 0 Å². The maximum atomic E-state index is 11.0. The van der Waals surface area contributed by atoms with Crippen molar-refractivity contribution in [1.82, 2.24) is 0 Å². The standard InChI is InChI=1S/C18H26O4/c19-17(20)11-7-2-1-4-10-16(14-18(21)22)13-12-15-8-5-3-6-9-15/h3,5-6,8-9,16H,1-2,4,7,10-14H2,(H,19,20)(H,21,22). The summed E-state index contributed by atoms with van der Waals surface area (Å²) in [6.45, 7) is 0. The van der Waals surface area contributed by atoms with E-state index in [0.717, 1.165) is 38.5 Å². The van der Waals surface area contributed by atoms with Crippen LogP contribution in [0.15, 0.2) is 30.3 Å². The summed E-state index contributed by atoms with van der Waals surface area (Å²) < 4.78 is 0. The molecule has 0 aromatic heterocycles. The number of carboxylic acid groups (broad SMARTS) is 2. The lowest BCUT2D eigenvalue weighted by Crippen LogP contribution is -2.09. The Morgan fingerprint density at radius 1 is 0.864 bits per heavy atom. The van der Waals surface area contributed by atoms with Gasteiger partial charge in [-0.3, -0.25) is 9.59 Å². The zero-order valence-corrected chi connectivity index (χ0v) is 13.0. The Morgan fingerprint density at radius 3 is 2.18 bits per heavy atom. The summed E-state index contributed by atoms with van der Waals surface area (Å²) in [7, 11) is 0. The maximum Gasteiger partial charge on any atom is 0.303 e. The molecule has 0 spiro atoms. The van der Waals surface area contributed by atoms with Crippen LogP contribution in [-0.2, 0) is 16.0 Å². The fraction of sp³-hybridized carbons (Fsp3) is 0.556. The highest BCUT2D eigenvalue weighted by Crippen LogP contribution is 2.21. The molecular weight excluding hydrogens is 280 g/mol. The lowest BCUT2D eigenvalue weighted by Gasteiger charge is -2.14. The van der Waals surface area contributed by atoms with E-state index in [2.05, 4.69) is 12.1 Å². The van der Waals surface area contributed by atoms with E-state index < -0.39 is 11.9 Å². The van der Waals surface area contributed by atoms with Crippen LogP contribution in [0.25, 0.3) is 0 Å². The highest BCUT2D eigenvalue weighted by molar-refractivity contribution is 5.67. The minimum atomic E-state index is -0.744. The third kappa shape index (κ3) is 9.16. The molecule has 2 N–H and O–H groups in total. The largest absolute Gasteiger partial charge is 0.481 e. The molecule has 1 atom stereocenters. The first-order valence-corrected chi connectivity index (χ1v) is 8.05. The average Bonchev–Trinajstić information content (AvgIpc) is 2.48. The third-order valence-electron chi connectivity index (χ3n) is 3.90. The number of hydrogen-bond acceptors (Lipinski definition) is 2. The Kier molecular flexibility index (Phi) is 8.96. The smallest absolute Gasteiger partial charge is 0.303 e. The van der Waals surface area contributed by atoms with Crippen molar-refractivity contribution in [2.75, 3.05) is 0 Å². The summed E-state index contributed by atoms with van der Waals surface area (Å²) in [5.41, 5.74) is 1.25. The van der Waals surface area contributed by atoms with Crippen LogP contribution in [0.2, 0.25) is 0 Å². The van der Waals surface area contributed by atoms with Gasteiger partial charge < -0.3 is 10.2 Å². The molecule has 122 valence electrons. The molecule has 1 rings (SSSR count). The Balaban J connectivity index is 2.25.